The van der Waals surface area contributed by atoms with Gasteiger partial charge < -0.3 is 20.3 Å². The molecule has 0 saturated carbocycles. The number of methoxy groups -OCH3 is 1. The lowest BCUT2D eigenvalue weighted by molar-refractivity contribution is -0.142. The standard InChI is InChI=1S/C11H13NO5/c1-6(13)17-9-4-3-7(5-8(9)14)10(12)11(15)16-2/h3-5,10,14H,12H2,1-2H3/t10-/m1/s1. The summed E-state index contributed by atoms with van der Waals surface area (Å²) < 4.78 is 9.19. The number of rotatable bonds is 3. The van der Waals surface area contributed by atoms with Gasteiger partial charge in [0.2, 0.25) is 0 Å². The third kappa shape index (κ3) is 3.18. The minimum atomic E-state index is -0.989. The molecule has 1 rings (SSSR count). The van der Waals surface area contributed by atoms with Gasteiger partial charge in [0.05, 0.1) is 7.11 Å². The van der Waals surface area contributed by atoms with Crippen LogP contribution in [0.4, 0.5) is 0 Å². The summed E-state index contributed by atoms with van der Waals surface area (Å²) in [6, 6.07) is 3.09. The van der Waals surface area contributed by atoms with Crippen LogP contribution in [0.5, 0.6) is 11.5 Å². The summed E-state index contributed by atoms with van der Waals surface area (Å²) >= 11 is 0. The summed E-state index contributed by atoms with van der Waals surface area (Å²) in [6.45, 7) is 1.22. The highest BCUT2D eigenvalue weighted by molar-refractivity contribution is 5.77. The predicted octanol–water partition coefficient (Wildman–Crippen LogP) is 0.490. The Morgan fingerprint density at radius 2 is 2.06 bits per heavy atom. The molecule has 0 spiro atoms. The first-order chi connectivity index (χ1) is 7.95. The SMILES string of the molecule is COC(=O)[C@H](N)c1ccc(OC(C)=O)c(O)c1. The highest BCUT2D eigenvalue weighted by Crippen LogP contribution is 2.29. The van der Waals surface area contributed by atoms with Crippen molar-refractivity contribution < 1.29 is 24.2 Å². The van der Waals surface area contributed by atoms with Gasteiger partial charge in [-0.25, -0.2) is 0 Å². The summed E-state index contributed by atoms with van der Waals surface area (Å²) in [6.07, 6.45) is 0. The quantitative estimate of drug-likeness (QED) is 0.588. The summed E-state index contributed by atoms with van der Waals surface area (Å²) in [4.78, 5) is 21.9. The fourth-order valence-electron chi connectivity index (χ4n) is 1.23. The van der Waals surface area contributed by atoms with E-state index in [1.54, 1.807) is 0 Å². The Kier molecular flexibility index (Phi) is 4.06. The van der Waals surface area contributed by atoms with Gasteiger partial charge in [-0.1, -0.05) is 6.07 Å². The van der Waals surface area contributed by atoms with Crippen molar-refractivity contribution in [3.05, 3.63) is 23.8 Å². The molecule has 0 saturated heterocycles. The average molecular weight is 239 g/mol. The molecule has 3 N–H and O–H groups in total. The van der Waals surface area contributed by atoms with Gasteiger partial charge in [0.25, 0.3) is 0 Å². The van der Waals surface area contributed by atoms with Crippen molar-refractivity contribution in [3.63, 3.8) is 0 Å². The van der Waals surface area contributed by atoms with Crippen LogP contribution in [-0.4, -0.2) is 24.2 Å². The topological polar surface area (TPSA) is 98.9 Å². The second kappa shape index (κ2) is 5.31. The van der Waals surface area contributed by atoms with Crippen molar-refractivity contribution in [2.75, 3.05) is 7.11 Å². The molecule has 17 heavy (non-hydrogen) atoms. The highest BCUT2D eigenvalue weighted by atomic mass is 16.5. The number of phenolic OH excluding ortho intramolecular Hbond substituents is 1. The largest absolute Gasteiger partial charge is 0.504 e. The molecule has 0 aliphatic heterocycles. The lowest BCUT2D eigenvalue weighted by atomic mass is 10.1. The molecule has 0 bridgehead atoms. The normalized spacial score (nSPS) is 11.7. The van der Waals surface area contributed by atoms with E-state index in [2.05, 4.69) is 4.74 Å². The van der Waals surface area contributed by atoms with Crippen molar-refractivity contribution >= 4 is 11.9 Å². The number of carbonyl (C=O) groups is 2. The minimum absolute atomic E-state index is 0.0123. The zero-order chi connectivity index (χ0) is 13.0. The number of esters is 2. The van der Waals surface area contributed by atoms with Crippen molar-refractivity contribution in [1.82, 2.24) is 0 Å². The van der Waals surface area contributed by atoms with E-state index in [4.69, 9.17) is 10.5 Å². The Bertz CT molecular complexity index is 443. The number of nitrogens with two attached hydrogens (primary N) is 1. The van der Waals surface area contributed by atoms with Crippen molar-refractivity contribution in [2.45, 2.75) is 13.0 Å². The maximum absolute atomic E-state index is 11.2. The highest BCUT2D eigenvalue weighted by Gasteiger charge is 2.18. The maximum Gasteiger partial charge on any atom is 0.327 e. The first kappa shape index (κ1) is 13.0. The summed E-state index contributed by atoms with van der Waals surface area (Å²) in [5.74, 6) is -1.43. The van der Waals surface area contributed by atoms with E-state index in [0.717, 1.165) is 0 Å². The Morgan fingerprint density at radius 1 is 1.41 bits per heavy atom. The first-order valence-electron chi connectivity index (χ1n) is 4.80. The van der Waals surface area contributed by atoms with E-state index < -0.39 is 18.0 Å². The molecule has 0 aromatic heterocycles. The van der Waals surface area contributed by atoms with Crippen molar-refractivity contribution in [3.8, 4) is 11.5 Å². The van der Waals surface area contributed by atoms with Crippen molar-refractivity contribution in [2.24, 2.45) is 5.73 Å². The van der Waals surface area contributed by atoms with E-state index in [1.165, 1.54) is 32.2 Å². The molecular formula is C11H13NO5. The molecule has 0 aliphatic carbocycles. The van der Waals surface area contributed by atoms with Crippen LogP contribution in [0.25, 0.3) is 0 Å². The molecule has 6 heteroatoms. The molecule has 1 aromatic rings. The van der Waals surface area contributed by atoms with Gasteiger partial charge in [0, 0.05) is 6.92 Å². The fourth-order valence-corrected chi connectivity index (χ4v) is 1.23. The van der Waals surface area contributed by atoms with Gasteiger partial charge in [-0.2, -0.15) is 0 Å². The average Bonchev–Trinajstić information content (AvgIpc) is 2.29. The lowest BCUT2D eigenvalue weighted by Gasteiger charge is -2.11. The van der Waals surface area contributed by atoms with Crippen LogP contribution in [-0.2, 0) is 14.3 Å². The molecule has 0 aliphatic rings. The van der Waals surface area contributed by atoms with Crippen LogP contribution in [0, 0.1) is 0 Å². The lowest BCUT2D eigenvalue weighted by Crippen LogP contribution is -2.22. The van der Waals surface area contributed by atoms with E-state index in [0.29, 0.717) is 5.56 Å². The Labute approximate surface area is 97.9 Å². The van der Waals surface area contributed by atoms with Crippen LogP contribution in [0.3, 0.4) is 0 Å². The first-order valence-corrected chi connectivity index (χ1v) is 4.80. The number of hydrogen-bond donors (Lipinski definition) is 2. The molecular weight excluding hydrogens is 226 g/mol. The molecule has 1 atom stereocenters. The molecule has 0 heterocycles. The molecule has 0 fully saturated rings. The molecule has 92 valence electrons. The van der Waals surface area contributed by atoms with Crippen LogP contribution in [0.1, 0.15) is 18.5 Å². The second-order valence-electron chi connectivity index (χ2n) is 3.32. The van der Waals surface area contributed by atoms with Gasteiger partial charge in [-0.15, -0.1) is 0 Å². The van der Waals surface area contributed by atoms with Crippen molar-refractivity contribution in [1.29, 1.82) is 0 Å². The molecule has 1 aromatic carbocycles. The molecule has 6 nitrogen and oxygen atoms in total. The van der Waals surface area contributed by atoms with Crippen LogP contribution in [0.15, 0.2) is 18.2 Å². The zero-order valence-electron chi connectivity index (χ0n) is 9.47. The number of aromatic hydroxyl groups is 1. The Morgan fingerprint density at radius 3 is 2.53 bits per heavy atom. The van der Waals surface area contributed by atoms with E-state index in [1.807, 2.05) is 0 Å². The second-order valence-corrected chi connectivity index (χ2v) is 3.32. The third-order valence-electron chi connectivity index (χ3n) is 2.05. The number of carbonyl (C=O) groups excluding carboxylic acids is 2. The molecule has 0 radical (unpaired) electrons. The van der Waals surface area contributed by atoms with Gasteiger partial charge in [-0.3, -0.25) is 9.59 Å². The number of hydrogen-bond acceptors (Lipinski definition) is 6. The zero-order valence-corrected chi connectivity index (χ0v) is 9.47. The number of phenols is 1. The van der Waals surface area contributed by atoms with E-state index >= 15 is 0 Å². The Hall–Kier alpha value is -2.08. The van der Waals surface area contributed by atoms with Crippen LogP contribution >= 0.6 is 0 Å². The van der Waals surface area contributed by atoms with Crippen LogP contribution < -0.4 is 10.5 Å². The van der Waals surface area contributed by atoms with Gasteiger partial charge in [0.1, 0.15) is 6.04 Å². The maximum atomic E-state index is 11.2. The fraction of sp³-hybridized carbons (Fsp3) is 0.273. The number of ether oxygens (including phenoxy) is 2. The van der Waals surface area contributed by atoms with E-state index in [-0.39, 0.29) is 11.5 Å². The molecule has 0 amide bonds. The summed E-state index contributed by atoms with van der Waals surface area (Å²) in [5.41, 5.74) is 5.94. The summed E-state index contributed by atoms with van der Waals surface area (Å²) in [5, 5.41) is 9.56. The Balaban J connectivity index is 2.96. The smallest absolute Gasteiger partial charge is 0.327 e. The van der Waals surface area contributed by atoms with Crippen LogP contribution in [0.2, 0.25) is 0 Å². The predicted molar refractivity (Wildman–Crippen MR) is 58.4 cm³/mol. The number of benzene rings is 1. The van der Waals surface area contributed by atoms with Gasteiger partial charge >= 0.3 is 11.9 Å². The summed E-state index contributed by atoms with van der Waals surface area (Å²) in [7, 11) is 1.22. The van der Waals surface area contributed by atoms with E-state index in [9.17, 15) is 14.7 Å². The monoisotopic (exact) mass is 239 g/mol. The van der Waals surface area contributed by atoms with Gasteiger partial charge in [-0.05, 0) is 17.7 Å². The minimum Gasteiger partial charge on any atom is -0.504 e. The third-order valence-corrected chi connectivity index (χ3v) is 2.05. The van der Waals surface area contributed by atoms with Gasteiger partial charge in [0.15, 0.2) is 11.5 Å². The molecule has 0 unspecified atom stereocenters.